The highest BCUT2D eigenvalue weighted by atomic mass is 16.5. The predicted molar refractivity (Wildman–Crippen MR) is 121 cm³/mol. The van der Waals surface area contributed by atoms with Crippen LogP contribution in [-0.2, 0) is 6.42 Å². The molecule has 0 radical (unpaired) electrons. The van der Waals surface area contributed by atoms with Crippen LogP contribution in [0.15, 0.2) is 78.9 Å². The van der Waals surface area contributed by atoms with Crippen molar-refractivity contribution in [3.05, 3.63) is 90.0 Å². The maximum Gasteiger partial charge on any atom is 0.255 e. The van der Waals surface area contributed by atoms with E-state index in [1.54, 1.807) is 12.1 Å². The summed E-state index contributed by atoms with van der Waals surface area (Å²) < 4.78 is 11.8. The Kier molecular flexibility index (Phi) is 7.90. The third kappa shape index (κ3) is 6.38. The van der Waals surface area contributed by atoms with Gasteiger partial charge in [-0.15, -0.1) is 0 Å². The first-order valence-corrected chi connectivity index (χ1v) is 10.5. The van der Waals surface area contributed by atoms with E-state index < -0.39 is 0 Å². The molecule has 4 heteroatoms. The molecule has 3 aromatic rings. The molecule has 1 atom stereocenters. The van der Waals surface area contributed by atoms with Crippen molar-refractivity contribution < 1.29 is 14.3 Å². The van der Waals surface area contributed by atoms with E-state index in [1.165, 1.54) is 5.56 Å². The lowest BCUT2D eigenvalue weighted by molar-refractivity contribution is 0.102. The smallest absolute Gasteiger partial charge is 0.255 e. The topological polar surface area (TPSA) is 47.6 Å². The van der Waals surface area contributed by atoms with Gasteiger partial charge in [-0.05, 0) is 62.1 Å². The van der Waals surface area contributed by atoms with Crippen LogP contribution in [0.2, 0.25) is 0 Å². The second-order valence-corrected chi connectivity index (χ2v) is 7.25. The van der Waals surface area contributed by atoms with E-state index in [2.05, 4.69) is 24.4 Å². The molecule has 0 aliphatic carbocycles. The number of ether oxygens (including phenoxy) is 2. The Hall–Kier alpha value is -3.27. The standard InChI is InChI=1S/C26H29NO3/c1-3-20(2)30-23-15-9-14-22(19-23)26(28)27-24-16-7-8-17-25(24)29-18-10-13-21-11-5-4-6-12-21/h4-9,11-12,14-17,19-20H,3,10,13,18H2,1-2H3,(H,27,28). The van der Waals surface area contributed by atoms with Gasteiger partial charge in [0.05, 0.1) is 18.4 Å². The number of aryl methyl sites for hydroxylation is 1. The molecule has 0 heterocycles. The van der Waals surface area contributed by atoms with Gasteiger partial charge in [-0.2, -0.15) is 0 Å². The molecule has 0 saturated heterocycles. The van der Waals surface area contributed by atoms with Crippen LogP contribution < -0.4 is 14.8 Å². The van der Waals surface area contributed by atoms with Crippen LogP contribution in [0, 0.1) is 0 Å². The van der Waals surface area contributed by atoms with Crippen molar-refractivity contribution in [1.82, 2.24) is 0 Å². The number of carbonyl (C=O) groups is 1. The molecule has 1 unspecified atom stereocenters. The van der Waals surface area contributed by atoms with Crippen LogP contribution in [0.25, 0.3) is 0 Å². The summed E-state index contributed by atoms with van der Waals surface area (Å²) >= 11 is 0. The Bertz CT molecular complexity index is 940. The van der Waals surface area contributed by atoms with Gasteiger partial charge in [0.1, 0.15) is 11.5 Å². The molecule has 3 aromatic carbocycles. The molecule has 0 saturated carbocycles. The number of amides is 1. The van der Waals surface area contributed by atoms with Crippen molar-refractivity contribution in [3.63, 3.8) is 0 Å². The quantitative estimate of drug-likeness (QED) is 0.414. The normalized spacial score (nSPS) is 11.5. The minimum atomic E-state index is -0.190. The third-order valence-corrected chi connectivity index (χ3v) is 4.85. The molecule has 1 N–H and O–H groups in total. The van der Waals surface area contributed by atoms with Crippen LogP contribution in [0.3, 0.4) is 0 Å². The summed E-state index contributed by atoms with van der Waals surface area (Å²) in [7, 11) is 0. The van der Waals surface area contributed by atoms with E-state index >= 15 is 0 Å². The number of carbonyl (C=O) groups excluding carboxylic acids is 1. The van der Waals surface area contributed by atoms with E-state index in [4.69, 9.17) is 9.47 Å². The molecule has 0 aliphatic rings. The Morgan fingerprint density at radius 1 is 0.967 bits per heavy atom. The molecule has 0 aromatic heterocycles. The minimum absolute atomic E-state index is 0.105. The summed E-state index contributed by atoms with van der Waals surface area (Å²) in [4.78, 5) is 12.8. The van der Waals surface area contributed by atoms with Crippen LogP contribution in [-0.4, -0.2) is 18.6 Å². The molecule has 156 valence electrons. The number of nitrogens with one attached hydrogen (secondary N) is 1. The van der Waals surface area contributed by atoms with Crippen molar-refractivity contribution in [2.24, 2.45) is 0 Å². The largest absolute Gasteiger partial charge is 0.491 e. The Morgan fingerprint density at radius 3 is 2.53 bits per heavy atom. The first-order chi connectivity index (χ1) is 14.7. The minimum Gasteiger partial charge on any atom is -0.491 e. The summed E-state index contributed by atoms with van der Waals surface area (Å²) in [5, 5.41) is 2.96. The lowest BCUT2D eigenvalue weighted by Crippen LogP contribution is -2.14. The molecule has 0 spiro atoms. The number of rotatable bonds is 10. The highest BCUT2D eigenvalue weighted by Gasteiger charge is 2.11. The zero-order valence-electron chi connectivity index (χ0n) is 17.6. The van der Waals surface area contributed by atoms with Gasteiger partial charge in [-0.3, -0.25) is 4.79 Å². The molecule has 30 heavy (non-hydrogen) atoms. The second-order valence-electron chi connectivity index (χ2n) is 7.25. The Morgan fingerprint density at radius 2 is 1.73 bits per heavy atom. The van der Waals surface area contributed by atoms with E-state index in [0.29, 0.717) is 29.4 Å². The van der Waals surface area contributed by atoms with Crippen molar-refractivity contribution in [2.45, 2.75) is 39.2 Å². The van der Waals surface area contributed by atoms with Gasteiger partial charge in [0.15, 0.2) is 0 Å². The number of hydrogen-bond acceptors (Lipinski definition) is 3. The monoisotopic (exact) mass is 403 g/mol. The number of benzene rings is 3. The summed E-state index contributed by atoms with van der Waals surface area (Å²) in [6.07, 6.45) is 2.87. The van der Waals surface area contributed by atoms with Gasteiger partial charge in [0.25, 0.3) is 5.91 Å². The Labute approximate surface area is 178 Å². The highest BCUT2D eigenvalue weighted by molar-refractivity contribution is 6.05. The fourth-order valence-electron chi connectivity index (χ4n) is 3.02. The molecule has 4 nitrogen and oxygen atoms in total. The van der Waals surface area contributed by atoms with E-state index in [0.717, 1.165) is 19.3 Å². The van der Waals surface area contributed by atoms with Gasteiger partial charge >= 0.3 is 0 Å². The molecule has 3 rings (SSSR count). The van der Waals surface area contributed by atoms with Crippen molar-refractivity contribution >= 4 is 11.6 Å². The summed E-state index contributed by atoms with van der Waals surface area (Å²) in [6, 6.07) is 25.1. The van der Waals surface area contributed by atoms with Crippen LogP contribution in [0.1, 0.15) is 42.6 Å². The maximum atomic E-state index is 12.8. The SMILES string of the molecule is CCC(C)Oc1cccc(C(=O)Nc2ccccc2OCCCc2ccccc2)c1. The first-order valence-electron chi connectivity index (χ1n) is 10.5. The average molecular weight is 404 g/mol. The summed E-state index contributed by atoms with van der Waals surface area (Å²) in [6.45, 7) is 4.66. The van der Waals surface area contributed by atoms with Crippen molar-refractivity contribution in [2.75, 3.05) is 11.9 Å². The zero-order valence-corrected chi connectivity index (χ0v) is 17.6. The molecule has 0 fully saturated rings. The zero-order chi connectivity index (χ0) is 21.2. The first kappa shape index (κ1) is 21.4. The molecule has 0 bridgehead atoms. The number of hydrogen-bond donors (Lipinski definition) is 1. The average Bonchev–Trinajstić information content (AvgIpc) is 2.78. The molecule has 0 aliphatic heterocycles. The molecular weight excluding hydrogens is 374 g/mol. The van der Waals surface area contributed by atoms with E-state index in [-0.39, 0.29) is 12.0 Å². The van der Waals surface area contributed by atoms with E-state index in [9.17, 15) is 4.79 Å². The second kappa shape index (κ2) is 11.1. The van der Waals surface area contributed by atoms with Gasteiger partial charge in [0, 0.05) is 5.56 Å². The van der Waals surface area contributed by atoms with E-state index in [1.807, 2.05) is 61.5 Å². The van der Waals surface area contributed by atoms with Gasteiger partial charge in [0.2, 0.25) is 0 Å². The fraction of sp³-hybridized carbons (Fsp3) is 0.269. The predicted octanol–water partition coefficient (Wildman–Crippen LogP) is 6.13. The number of anilines is 1. The van der Waals surface area contributed by atoms with Crippen molar-refractivity contribution in [3.8, 4) is 11.5 Å². The van der Waals surface area contributed by atoms with Crippen molar-refractivity contribution in [1.29, 1.82) is 0 Å². The fourth-order valence-corrected chi connectivity index (χ4v) is 3.02. The third-order valence-electron chi connectivity index (χ3n) is 4.85. The van der Waals surface area contributed by atoms with Crippen LogP contribution in [0.5, 0.6) is 11.5 Å². The lowest BCUT2D eigenvalue weighted by atomic mass is 10.1. The number of para-hydroxylation sites is 2. The summed E-state index contributed by atoms with van der Waals surface area (Å²) in [5.74, 6) is 1.18. The van der Waals surface area contributed by atoms with Gasteiger partial charge in [-0.1, -0.05) is 55.5 Å². The summed E-state index contributed by atoms with van der Waals surface area (Å²) in [5.41, 5.74) is 2.51. The highest BCUT2D eigenvalue weighted by Crippen LogP contribution is 2.25. The maximum absolute atomic E-state index is 12.8. The van der Waals surface area contributed by atoms with Gasteiger partial charge < -0.3 is 14.8 Å². The van der Waals surface area contributed by atoms with Crippen LogP contribution in [0.4, 0.5) is 5.69 Å². The Balaban J connectivity index is 1.59. The molecule has 1 amide bonds. The lowest BCUT2D eigenvalue weighted by Gasteiger charge is -2.14. The van der Waals surface area contributed by atoms with Crippen LogP contribution >= 0.6 is 0 Å². The van der Waals surface area contributed by atoms with Gasteiger partial charge in [-0.25, -0.2) is 0 Å². The molecular formula is C26H29NO3.